The van der Waals surface area contributed by atoms with E-state index in [1.165, 1.54) is 12.8 Å². The predicted octanol–water partition coefficient (Wildman–Crippen LogP) is 1.91. The topological polar surface area (TPSA) is 46.5 Å². The summed E-state index contributed by atoms with van der Waals surface area (Å²) < 4.78 is 5.56. The van der Waals surface area contributed by atoms with Gasteiger partial charge in [-0.3, -0.25) is 4.79 Å². The molecule has 0 heterocycles. The van der Waals surface area contributed by atoms with E-state index in [0.717, 1.165) is 19.3 Å². The van der Waals surface area contributed by atoms with E-state index in [0.29, 0.717) is 23.9 Å². The summed E-state index contributed by atoms with van der Waals surface area (Å²) in [4.78, 5) is 11.4. The summed E-state index contributed by atoms with van der Waals surface area (Å²) in [5.74, 6) is 1.12. The summed E-state index contributed by atoms with van der Waals surface area (Å²) in [5, 5.41) is 9.40. The molecule has 0 aliphatic heterocycles. The van der Waals surface area contributed by atoms with Gasteiger partial charge in [0.2, 0.25) is 0 Å². The van der Waals surface area contributed by atoms with E-state index in [4.69, 9.17) is 4.74 Å². The summed E-state index contributed by atoms with van der Waals surface area (Å²) in [6, 6.07) is 0. The zero-order valence-electron chi connectivity index (χ0n) is 9.11. The Morgan fingerprint density at radius 1 is 1.27 bits per heavy atom. The lowest BCUT2D eigenvalue weighted by Gasteiger charge is -2.57. The summed E-state index contributed by atoms with van der Waals surface area (Å²) in [6.45, 7) is 0. The van der Waals surface area contributed by atoms with Gasteiger partial charge in [-0.25, -0.2) is 0 Å². The fraction of sp³-hybridized carbons (Fsp3) is 0.917. The molecule has 0 unspecified atom stereocenters. The van der Waals surface area contributed by atoms with Crippen LogP contribution in [0.3, 0.4) is 0 Å². The second-order valence-corrected chi connectivity index (χ2v) is 5.76. The first-order chi connectivity index (χ1) is 7.14. The highest BCUT2D eigenvalue weighted by molar-refractivity contribution is 5.75. The van der Waals surface area contributed by atoms with E-state index in [2.05, 4.69) is 0 Å². The first-order valence-electron chi connectivity index (χ1n) is 5.91. The molecule has 0 aromatic heterocycles. The van der Waals surface area contributed by atoms with E-state index in [9.17, 15) is 9.90 Å². The summed E-state index contributed by atoms with van der Waals surface area (Å²) in [6.07, 6.45) is 5.37. The highest BCUT2D eigenvalue weighted by Crippen LogP contribution is 2.60. The monoisotopic (exact) mass is 210 g/mol. The molecule has 4 aliphatic carbocycles. The first kappa shape index (κ1) is 9.64. The maximum Gasteiger partial charge on any atom is 0.309 e. The smallest absolute Gasteiger partial charge is 0.309 e. The lowest BCUT2D eigenvalue weighted by molar-refractivity contribution is -0.182. The maximum absolute atomic E-state index is 11.4. The number of carbonyl (C=O) groups is 1. The molecule has 4 bridgehead atoms. The van der Waals surface area contributed by atoms with E-state index < -0.39 is 5.97 Å². The highest BCUT2D eigenvalue weighted by Gasteiger charge is 2.58. The standard InChI is InChI=1S/C12H18O3/c1-15-10-8-2-7-3-9(10)6-12(4-7,5-8)11(13)14/h7-10H,2-6H2,1H3,(H,13,14)/t7?,8-,9-,10?,12?/m0/s1. The predicted molar refractivity (Wildman–Crippen MR) is 54.4 cm³/mol. The highest BCUT2D eigenvalue weighted by atomic mass is 16.5. The Balaban J connectivity index is 1.92. The molecule has 4 fully saturated rings. The van der Waals surface area contributed by atoms with Gasteiger partial charge in [0.15, 0.2) is 0 Å². The SMILES string of the molecule is COC1[C@H]2CC3C[C@H]1CC(C(=O)O)(C3)C2. The summed E-state index contributed by atoms with van der Waals surface area (Å²) >= 11 is 0. The van der Waals surface area contributed by atoms with Crippen LogP contribution in [0, 0.1) is 23.2 Å². The van der Waals surface area contributed by atoms with Gasteiger partial charge in [0.25, 0.3) is 0 Å². The van der Waals surface area contributed by atoms with Gasteiger partial charge >= 0.3 is 5.97 Å². The van der Waals surface area contributed by atoms with Gasteiger partial charge < -0.3 is 9.84 Å². The van der Waals surface area contributed by atoms with Crippen molar-refractivity contribution < 1.29 is 14.6 Å². The molecule has 4 aliphatic rings. The van der Waals surface area contributed by atoms with Gasteiger partial charge in [0.1, 0.15) is 0 Å². The zero-order chi connectivity index (χ0) is 10.6. The second kappa shape index (κ2) is 2.97. The third-order valence-corrected chi connectivity index (χ3v) is 4.91. The molecule has 3 heteroatoms. The van der Waals surface area contributed by atoms with Crippen LogP contribution in [0.5, 0.6) is 0 Å². The number of hydrogen-bond donors (Lipinski definition) is 1. The van der Waals surface area contributed by atoms with Crippen molar-refractivity contribution >= 4 is 5.97 Å². The normalized spacial score (nSPS) is 52.1. The Hall–Kier alpha value is -0.570. The van der Waals surface area contributed by atoms with Gasteiger partial charge in [-0.15, -0.1) is 0 Å². The first-order valence-corrected chi connectivity index (χ1v) is 5.91. The van der Waals surface area contributed by atoms with Crippen molar-refractivity contribution in [3.05, 3.63) is 0 Å². The molecule has 0 aromatic rings. The number of aliphatic carboxylic acids is 1. The maximum atomic E-state index is 11.4. The van der Waals surface area contributed by atoms with Gasteiger partial charge in [-0.05, 0) is 49.9 Å². The molecule has 0 aromatic carbocycles. The Kier molecular flexibility index (Phi) is 1.91. The molecule has 4 rings (SSSR count). The average molecular weight is 210 g/mol. The van der Waals surface area contributed by atoms with Crippen LogP contribution in [0.4, 0.5) is 0 Å². The fourth-order valence-corrected chi connectivity index (χ4v) is 4.62. The Morgan fingerprint density at radius 3 is 2.33 bits per heavy atom. The van der Waals surface area contributed by atoms with Crippen molar-refractivity contribution in [1.82, 2.24) is 0 Å². The van der Waals surface area contributed by atoms with Crippen LogP contribution in [0.25, 0.3) is 0 Å². The number of hydrogen-bond acceptors (Lipinski definition) is 2. The van der Waals surface area contributed by atoms with Gasteiger partial charge in [-0.1, -0.05) is 0 Å². The average Bonchev–Trinajstić information content (AvgIpc) is 2.16. The van der Waals surface area contributed by atoms with Crippen molar-refractivity contribution in [3.8, 4) is 0 Å². The fourth-order valence-electron chi connectivity index (χ4n) is 4.62. The molecule has 84 valence electrons. The van der Waals surface area contributed by atoms with E-state index in [1.54, 1.807) is 7.11 Å². The third kappa shape index (κ3) is 1.19. The molecule has 0 amide bonds. The molecule has 4 saturated carbocycles. The van der Waals surface area contributed by atoms with E-state index in [-0.39, 0.29) is 5.41 Å². The molecule has 0 saturated heterocycles. The van der Waals surface area contributed by atoms with Gasteiger partial charge in [-0.2, -0.15) is 0 Å². The lowest BCUT2D eigenvalue weighted by atomic mass is 9.48. The van der Waals surface area contributed by atoms with Crippen LogP contribution in [0.1, 0.15) is 32.1 Å². The van der Waals surface area contributed by atoms with Crippen LogP contribution >= 0.6 is 0 Å². The van der Waals surface area contributed by atoms with E-state index >= 15 is 0 Å². The van der Waals surface area contributed by atoms with Gasteiger partial charge in [0.05, 0.1) is 11.5 Å². The summed E-state index contributed by atoms with van der Waals surface area (Å²) in [5.41, 5.74) is -0.383. The minimum absolute atomic E-state index is 0.342. The Morgan fingerprint density at radius 2 is 1.87 bits per heavy atom. The van der Waals surface area contributed by atoms with Gasteiger partial charge in [0, 0.05) is 7.11 Å². The number of methoxy groups -OCH3 is 1. The number of ether oxygens (including phenoxy) is 1. The van der Waals surface area contributed by atoms with Crippen molar-refractivity contribution in [1.29, 1.82) is 0 Å². The van der Waals surface area contributed by atoms with Crippen molar-refractivity contribution in [3.63, 3.8) is 0 Å². The lowest BCUT2D eigenvalue weighted by Crippen LogP contribution is -2.56. The molecule has 0 radical (unpaired) electrons. The number of carboxylic acid groups (broad SMARTS) is 1. The van der Waals surface area contributed by atoms with Crippen LogP contribution in [-0.4, -0.2) is 24.3 Å². The van der Waals surface area contributed by atoms with Crippen LogP contribution < -0.4 is 0 Å². The molecular formula is C12H18O3. The number of rotatable bonds is 2. The third-order valence-electron chi connectivity index (χ3n) is 4.91. The second-order valence-electron chi connectivity index (χ2n) is 5.76. The van der Waals surface area contributed by atoms with Crippen molar-refractivity contribution in [2.45, 2.75) is 38.2 Å². The minimum Gasteiger partial charge on any atom is -0.481 e. The van der Waals surface area contributed by atoms with E-state index in [1.807, 2.05) is 0 Å². The quantitative estimate of drug-likeness (QED) is 0.757. The minimum atomic E-state index is -0.559. The molecule has 3 nitrogen and oxygen atoms in total. The van der Waals surface area contributed by atoms with Crippen LogP contribution in [0.2, 0.25) is 0 Å². The van der Waals surface area contributed by atoms with Crippen molar-refractivity contribution in [2.24, 2.45) is 23.2 Å². The molecular weight excluding hydrogens is 192 g/mol. The zero-order valence-corrected chi connectivity index (χ0v) is 9.11. The molecule has 1 N–H and O–H groups in total. The van der Waals surface area contributed by atoms with Crippen molar-refractivity contribution in [2.75, 3.05) is 7.11 Å². The summed E-state index contributed by atoms with van der Waals surface area (Å²) in [7, 11) is 1.78. The Labute approximate surface area is 89.8 Å². The van der Waals surface area contributed by atoms with Crippen LogP contribution in [0.15, 0.2) is 0 Å². The van der Waals surface area contributed by atoms with Crippen LogP contribution in [-0.2, 0) is 9.53 Å². The molecule has 15 heavy (non-hydrogen) atoms. The Bertz CT molecular complexity index is 283. The number of carboxylic acids is 1. The molecule has 2 atom stereocenters. The molecule has 0 spiro atoms. The largest absolute Gasteiger partial charge is 0.481 e.